The zero-order chi connectivity index (χ0) is 10.1. The van der Waals surface area contributed by atoms with E-state index in [0.717, 1.165) is 6.42 Å². The van der Waals surface area contributed by atoms with Gasteiger partial charge in [-0.3, -0.25) is 0 Å². The minimum absolute atomic E-state index is 0.255. The predicted molar refractivity (Wildman–Crippen MR) is 51.1 cm³/mol. The van der Waals surface area contributed by atoms with E-state index in [0.29, 0.717) is 12.3 Å². The Morgan fingerprint density at radius 3 is 1.42 bits per heavy atom. The molecule has 0 radical (unpaired) electrons. The van der Waals surface area contributed by atoms with Crippen molar-refractivity contribution in [3.8, 4) is 0 Å². The molecule has 0 aromatic carbocycles. The molecule has 72 valence electrons. The molecule has 12 heavy (non-hydrogen) atoms. The van der Waals surface area contributed by atoms with Crippen molar-refractivity contribution < 1.29 is 9.59 Å². The summed E-state index contributed by atoms with van der Waals surface area (Å²) in [6.45, 7) is 9.14. The number of ketones is 2. The fourth-order valence-electron chi connectivity index (χ4n) is 0.575. The maximum absolute atomic E-state index is 10.3. The number of carbonyl (C=O) groups is 2. The average molecular weight is 172 g/mol. The summed E-state index contributed by atoms with van der Waals surface area (Å²) in [7, 11) is 0. The largest absolute Gasteiger partial charge is 0.300 e. The summed E-state index contributed by atoms with van der Waals surface area (Å²) in [6, 6.07) is 0. The molecule has 2 heteroatoms. The molecule has 0 saturated carbocycles. The van der Waals surface area contributed by atoms with Crippen LogP contribution in [0, 0.1) is 5.92 Å². The molecule has 0 atom stereocenters. The first kappa shape index (κ1) is 13.9. The van der Waals surface area contributed by atoms with Crippen LogP contribution in [-0.4, -0.2) is 11.6 Å². The fourth-order valence-corrected chi connectivity index (χ4v) is 0.575. The number of hydrogen-bond acceptors (Lipinski definition) is 2. The van der Waals surface area contributed by atoms with Crippen LogP contribution in [0.15, 0.2) is 0 Å². The van der Waals surface area contributed by atoms with Gasteiger partial charge < -0.3 is 9.59 Å². The van der Waals surface area contributed by atoms with E-state index in [-0.39, 0.29) is 11.6 Å². The zero-order valence-electron chi connectivity index (χ0n) is 8.81. The highest BCUT2D eigenvalue weighted by atomic mass is 16.1. The molecular weight excluding hydrogens is 152 g/mol. The summed E-state index contributed by atoms with van der Waals surface area (Å²) >= 11 is 0. The summed E-state index contributed by atoms with van der Waals surface area (Å²) in [5.41, 5.74) is 0. The lowest BCUT2D eigenvalue weighted by Gasteiger charge is -1.95. The molecule has 0 saturated heterocycles. The number of hydrogen-bond donors (Lipinski definition) is 0. The van der Waals surface area contributed by atoms with Gasteiger partial charge in [-0.1, -0.05) is 20.8 Å². The quantitative estimate of drug-likeness (QED) is 0.655. The molecule has 0 aliphatic heterocycles. The van der Waals surface area contributed by atoms with Crippen LogP contribution >= 0.6 is 0 Å². The molecule has 0 unspecified atom stereocenters. The van der Waals surface area contributed by atoms with Gasteiger partial charge in [0.1, 0.15) is 11.6 Å². The van der Waals surface area contributed by atoms with E-state index in [4.69, 9.17) is 0 Å². The number of Topliss-reactive ketones (excluding diaryl/α,β-unsaturated/α-hetero) is 2. The van der Waals surface area contributed by atoms with E-state index in [9.17, 15) is 9.59 Å². The summed E-state index contributed by atoms with van der Waals surface area (Å²) in [5.74, 6) is 1.07. The van der Waals surface area contributed by atoms with Crippen LogP contribution in [0.4, 0.5) is 0 Å². The predicted octanol–water partition coefficient (Wildman–Crippen LogP) is 2.61. The minimum atomic E-state index is 0.255. The Bertz CT molecular complexity index is 137. The zero-order valence-corrected chi connectivity index (χ0v) is 8.81. The third kappa shape index (κ3) is 22.8. The Morgan fingerprint density at radius 2 is 1.42 bits per heavy atom. The van der Waals surface area contributed by atoms with E-state index in [1.807, 2.05) is 20.8 Å². The van der Waals surface area contributed by atoms with Crippen molar-refractivity contribution in [2.45, 2.75) is 47.5 Å². The van der Waals surface area contributed by atoms with E-state index < -0.39 is 0 Å². The monoisotopic (exact) mass is 172 g/mol. The molecular formula is C10H20O2. The van der Waals surface area contributed by atoms with Crippen LogP contribution in [0.25, 0.3) is 0 Å². The molecule has 0 amide bonds. The van der Waals surface area contributed by atoms with Crippen molar-refractivity contribution in [1.29, 1.82) is 0 Å². The first-order valence-electron chi connectivity index (χ1n) is 4.39. The third-order valence-electron chi connectivity index (χ3n) is 1.19. The molecule has 2 nitrogen and oxygen atoms in total. The van der Waals surface area contributed by atoms with Gasteiger partial charge in [-0.25, -0.2) is 0 Å². The fraction of sp³-hybridized carbons (Fsp3) is 0.800. The maximum atomic E-state index is 10.3. The van der Waals surface area contributed by atoms with Crippen LogP contribution in [0.3, 0.4) is 0 Å². The molecule has 0 aliphatic carbocycles. The van der Waals surface area contributed by atoms with Crippen molar-refractivity contribution in [1.82, 2.24) is 0 Å². The van der Waals surface area contributed by atoms with Crippen molar-refractivity contribution in [3.05, 3.63) is 0 Å². The van der Waals surface area contributed by atoms with Crippen molar-refractivity contribution >= 4 is 11.6 Å². The lowest BCUT2D eigenvalue weighted by molar-refractivity contribution is -0.118. The van der Waals surface area contributed by atoms with Gasteiger partial charge in [0.15, 0.2) is 0 Å². The summed E-state index contributed by atoms with van der Waals surface area (Å²) < 4.78 is 0. The molecule has 0 aromatic heterocycles. The second kappa shape index (κ2) is 8.44. The van der Waals surface area contributed by atoms with Gasteiger partial charge >= 0.3 is 0 Å². The maximum Gasteiger partial charge on any atom is 0.130 e. The average Bonchev–Trinajstić information content (AvgIpc) is 1.85. The Kier molecular flexibility index (Phi) is 9.77. The molecule has 0 aromatic rings. The van der Waals surface area contributed by atoms with Crippen molar-refractivity contribution in [2.24, 2.45) is 5.92 Å². The van der Waals surface area contributed by atoms with Crippen LogP contribution in [0.2, 0.25) is 0 Å². The standard InChI is InChI=1S/C6H12O.C4H8O/c1-5(2)4-6(3)7;1-3-4(2)5/h5H,4H2,1-3H3;3H2,1-2H3. The molecule has 0 N–H and O–H groups in total. The van der Waals surface area contributed by atoms with Gasteiger partial charge in [0.05, 0.1) is 0 Å². The van der Waals surface area contributed by atoms with Crippen LogP contribution in [-0.2, 0) is 9.59 Å². The van der Waals surface area contributed by atoms with E-state index in [1.165, 1.54) is 0 Å². The third-order valence-corrected chi connectivity index (χ3v) is 1.19. The normalized spacial score (nSPS) is 8.83. The highest BCUT2D eigenvalue weighted by Gasteiger charge is 1.95. The van der Waals surface area contributed by atoms with Gasteiger partial charge in [0.25, 0.3) is 0 Å². The lowest BCUT2D eigenvalue weighted by Crippen LogP contribution is -1.95. The minimum Gasteiger partial charge on any atom is -0.300 e. The highest BCUT2D eigenvalue weighted by molar-refractivity contribution is 5.75. The highest BCUT2D eigenvalue weighted by Crippen LogP contribution is 1.97. The van der Waals surface area contributed by atoms with Gasteiger partial charge in [-0.15, -0.1) is 0 Å². The Morgan fingerprint density at radius 1 is 1.08 bits per heavy atom. The van der Waals surface area contributed by atoms with E-state index in [2.05, 4.69) is 0 Å². The molecule has 0 aliphatic rings. The molecule has 0 bridgehead atoms. The van der Waals surface area contributed by atoms with E-state index >= 15 is 0 Å². The topological polar surface area (TPSA) is 34.1 Å². The van der Waals surface area contributed by atoms with Gasteiger partial charge in [0, 0.05) is 12.8 Å². The second-order valence-corrected chi connectivity index (χ2v) is 3.36. The van der Waals surface area contributed by atoms with Crippen LogP contribution in [0.5, 0.6) is 0 Å². The second-order valence-electron chi connectivity index (χ2n) is 3.36. The molecule has 0 heterocycles. The van der Waals surface area contributed by atoms with Gasteiger partial charge in [0.2, 0.25) is 0 Å². The van der Waals surface area contributed by atoms with Gasteiger partial charge in [-0.05, 0) is 19.8 Å². The SMILES string of the molecule is CC(=O)CC(C)C.CCC(C)=O. The first-order valence-corrected chi connectivity index (χ1v) is 4.39. The summed E-state index contributed by atoms with van der Waals surface area (Å²) in [6.07, 6.45) is 1.39. The van der Waals surface area contributed by atoms with Crippen molar-refractivity contribution in [2.75, 3.05) is 0 Å². The summed E-state index contributed by atoms with van der Waals surface area (Å²) in [5, 5.41) is 0. The van der Waals surface area contributed by atoms with Crippen LogP contribution in [0.1, 0.15) is 47.5 Å². The Hall–Kier alpha value is -0.660. The Labute approximate surface area is 75.4 Å². The molecule has 0 fully saturated rings. The lowest BCUT2D eigenvalue weighted by atomic mass is 10.1. The number of rotatable bonds is 3. The molecule has 0 rings (SSSR count). The number of carbonyl (C=O) groups excluding carboxylic acids is 2. The smallest absolute Gasteiger partial charge is 0.130 e. The Balaban J connectivity index is 0. The first-order chi connectivity index (χ1) is 5.40. The summed E-state index contributed by atoms with van der Waals surface area (Å²) in [4.78, 5) is 20.1. The van der Waals surface area contributed by atoms with Crippen molar-refractivity contribution in [3.63, 3.8) is 0 Å². The van der Waals surface area contributed by atoms with E-state index in [1.54, 1.807) is 13.8 Å². The van der Waals surface area contributed by atoms with Gasteiger partial charge in [-0.2, -0.15) is 0 Å². The molecule has 0 spiro atoms. The van der Waals surface area contributed by atoms with Crippen LogP contribution < -0.4 is 0 Å².